The first-order valence-electron chi connectivity index (χ1n) is 5.72. The van der Waals surface area contributed by atoms with Crippen LogP contribution in [0.4, 0.5) is 5.95 Å². The molecule has 0 radical (unpaired) electrons. The molecule has 0 spiro atoms. The van der Waals surface area contributed by atoms with Gasteiger partial charge in [-0.15, -0.1) is 5.10 Å². The Balaban J connectivity index is 1.65. The van der Waals surface area contributed by atoms with E-state index in [2.05, 4.69) is 32.7 Å². The minimum absolute atomic E-state index is 0.0145. The zero-order chi connectivity index (χ0) is 11.8. The highest BCUT2D eigenvalue weighted by Gasteiger charge is 2.39. The van der Waals surface area contributed by atoms with E-state index >= 15 is 0 Å². The van der Waals surface area contributed by atoms with E-state index in [1.54, 1.807) is 0 Å². The SMILES string of the molecule is COc1n[nH]c(NC(=O)C2CC3C=CC2C3)n1. The largest absolute Gasteiger partial charge is 0.466 e. The minimum Gasteiger partial charge on any atom is -0.466 e. The number of amides is 1. The third-order valence-corrected chi connectivity index (χ3v) is 3.50. The van der Waals surface area contributed by atoms with Gasteiger partial charge in [-0.2, -0.15) is 4.98 Å². The predicted octanol–water partition coefficient (Wildman–Crippen LogP) is 0.964. The van der Waals surface area contributed by atoms with E-state index in [-0.39, 0.29) is 17.8 Å². The summed E-state index contributed by atoms with van der Waals surface area (Å²) in [6.45, 7) is 0. The number of anilines is 1. The Labute approximate surface area is 98.5 Å². The number of nitrogens with zero attached hydrogens (tertiary/aromatic N) is 2. The lowest BCUT2D eigenvalue weighted by atomic mass is 9.93. The summed E-state index contributed by atoms with van der Waals surface area (Å²) in [5.41, 5.74) is 0. The first kappa shape index (κ1) is 10.3. The van der Waals surface area contributed by atoms with E-state index in [0.717, 1.165) is 12.8 Å². The third-order valence-electron chi connectivity index (χ3n) is 3.50. The van der Waals surface area contributed by atoms with Crippen molar-refractivity contribution >= 4 is 11.9 Å². The van der Waals surface area contributed by atoms with Crippen molar-refractivity contribution < 1.29 is 9.53 Å². The second-order valence-corrected chi connectivity index (χ2v) is 4.55. The normalized spacial score (nSPS) is 29.6. The molecule has 0 aromatic carbocycles. The maximum atomic E-state index is 12.0. The fourth-order valence-electron chi connectivity index (χ4n) is 2.69. The summed E-state index contributed by atoms with van der Waals surface area (Å²) in [6.07, 6.45) is 6.42. The van der Waals surface area contributed by atoms with Crippen LogP contribution in [0.3, 0.4) is 0 Å². The van der Waals surface area contributed by atoms with Crippen LogP contribution in [0.2, 0.25) is 0 Å². The molecule has 1 amide bonds. The van der Waals surface area contributed by atoms with Crippen LogP contribution in [-0.4, -0.2) is 28.2 Å². The van der Waals surface area contributed by atoms with Gasteiger partial charge in [0.25, 0.3) is 0 Å². The van der Waals surface area contributed by atoms with Crippen molar-refractivity contribution in [2.75, 3.05) is 12.4 Å². The van der Waals surface area contributed by atoms with Gasteiger partial charge in [-0.25, -0.2) is 5.10 Å². The van der Waals surface area contributed by atoms with Gasteiger partial charge in [0.2, 0.25) is 11.9 Å². The number of carbonyl (C=O) groups is 1. The molecular weight excluding hydrogens is 220 g/mol. The van der Waals surface area contributed by atoms with Crippen LogP contribution in [0, 0.1) is 17.8 Å². The van der Waals surface area contributed by atoms with Crippen LogP contribution in [0.25, 0.3) is 0 Å². The number of fused-ring (bicyclic) bond motifs is 2. The van der Waals surface area contributed by atoms with Crippen LogP contribution in [0.15, 0.2) is 12.2 Å². The molecule has 0 saturated heterocycles. The maximum Gasteiger partial charge on any atom is 0.336 e. The summed E-state index contributed by atoms with van der Waals surface area (Å²) >= 11 is 0. The Morgan fingerprint density at radius 2 is 2.41 bits per heavy atom. The molecule has 2 aliphatic rings. The Morgan fingerprint density at radius 1 is 1.53 bits per heavy atom. The van der Waals surface area contributed by atoms with Gasteiger partial charge < -0.3 is 4.74 Å². The van der Waals surface area contributed by atoms with Crippen LogP contribution >= 0.6 is 0 Å². The van der Waals surface area contributed by atoms with Gasteiger partial charge in [0.05, 0.1) is 7.11 Å². The molecule has 6 heteroatoms. The van der Waals surface area contributed by atoms with Gasteiger partial charge in [0.15, 0.2) is 0 Å². The number of allylic oxidation sites excluding steroid dienone is 2. The molecule has 2 N–H and O–H groups in total. The van der Waals surface area contributed by atoms with E-state index in [1.807, 2.05) is 0 Å². The standard InChI is InChI=1S/C11H14N4O2/c1-17-11-13-10(14-15-11)12-9(16)8-5-6-2-3-7(8)4-6/h2-3,6-8H,4-5H2,1H3,(H2,12,13,14,15,16). The van der Waals surface area contributed by atoms with Crippen molar-refractivity contribution in [3.05, 3.63) is 12.2 Å². The Morgan fingerprint density at radius 3 is 3.00 bits per heavy atom. The van der Waals surface area contributed by atoms with Crippen LogP contribution < -0.4 is 10.1 Å². The molecule has 3 atom stereocenters. The number of aromatic nitrogens is 3. The lowest BCUT2D eigenvalue weighted by molar-refractivity contribution is -0.120. The number of H-pyrrole nitrogens is 1. The highest BCUT2D eigenvalue weighted by molar-refractivity contribution is 5.91. The van der Waals surface area contributed by atoms with Gasteiger partial charge >= 0.3 is 6.01 Å². The number of methoxy groups -OCH3 is 1. The summed E-state index contributed by atoms with van der Waals surface area (Å²) in [4.78, 5) is 16.0. The molecule has 1 fully saturated rings. The van der Waals surface area contributed by atoms with Crippen molar-refractivity contribution in [3.63, 3.8) is 0 Å². The molecule has 2 bridgehead atoms. The highest BCUT2D eigenvalue weighted by Crippen LogP contribution is 2.43. The first-order valence-corrected chi connectivity index (χ1v) is 5.72. The zero-order valence-electron chi connectivity index (χ0n) is 9.51. The van der Waals surface area contributed by atoms with E-state index in [4.69, 9.17) is 4.74 Å². The zero-order valence-corrected chi connectivity index (χ0v) is 9.51. The van der Waals surface area contributed by atoms with Crippen molar-refractivity contribution in [3.8, 4) is 6.01 Å². The van der Waals surface area contributed by atoms with Crippen molar-refractivity contribution in [1.29, 1.82) is 0 Å². The van der Waals surface area contributed by atoms with E-state index in [9.17, 15) is 4.79 Å². The van der Waals surface area contributed by atoms with E-state index < -0.39 is 0 Å². The third kappa shape index (κ3) is 1.79. The summed E-state index contributed by atoms with van der Waals surface area (Å²) in [5.74, 6) is 1.41. The summed E-state index contributed by atoms with van der Waals surface area (Å²) in [7, 11) is 1.48. The molecular formula is C11H14N4O2. The van der Waals surface area contributed by atoms with Gasteiger partial charge in [-0.3, -0.25) is 10.1 Å². The van der Waals surface area contributed by atoms with E-state index in [0.29, 0.717) is 17.8 Å². The molecule has 3 rings (SSSR count). The van der Waals surface area contributed by atoms with Crippen LogP contribution in [0.5, 0.6) is 6.01 Å². The fraction of sp³-hybridized carbons (Fsp3) is 0.545. The number of nitrogens with one attached hydrogen (secondary N) is 2. The summed E-state index contributed by atoms with van der Waals surface area (Å²) in [6, 6.07) is 0.230. The second kappa shape index (κ2) is 3.87. The summed E-state index contributed by atoms with van der Waals surface area (Å²) in [5, 5.41) is 9.14. The topological polar surface area (TPSA) is 79.9 Å². The Hall–Kier alpha value is -1.85. The number of hydrogen-bond acceptors (Lipinski definition) is 4. The molecule has 2 aliphatic carbocycles. The smallest absolute Gasteiger partial charge is 0.336 e. The molecule has 1 heterocycles. The summed E-state index contributed by atoms with van der Waals surface area (Å²) < 4.78 is 4.84. The maximum absolute atomic E-state index is 12.0. The van der Waals surface area contributed by atoms with Gasteiger partial charge in [-0.05, 0) is 24.7 Å². The molecule has 1 aromatic rings. The van der Waals surface area contributed by atoms with Gasteiger partial charge in [-0.1, -0.05) is 12.2 Å². The number of aromatic amines is 1. The Kier molecular flexibility index (Phi) is 2.35. The van der Waals surface area contributed by atoms with Crippen LogP contribution in [0.1, 0.15) is 12.8 Å². The molecule has 17 heavy (non-hydrogen) atoms. The van der Waals surface area contributed by atoms with Crippen LogP contribution in [-0.2, 0) is 4.79 Å². The lowest BCUT2D eigenvalue weighted by Crippen LogP contribution is -2.26. The number of hydrogen-bond donors (Lipinski definition) is 2. The fourth-order valence-corrected chi connectivity index (χ4v) is 2.69. The molecule has 1 aromatic heterocycles. The highest BCUT2D eigenvalue weighted by atomic mass is 16.5. The molecule has 1 saturated carbocycles. The van der Waals surface area contributed by atoms with Gasteiger partial charge in [0.1, 0.15) is 0 Å². The predicted molar refractivity (Wildman–Crippen MR) is 60.4 cm³/mol. The number of rotatable bonds is 3. The van der Waals surface area contributed by atoms with Crippen molar-refractivity contribution in [2.24, 2.45) is 17.8 Å². The number of carbonyl (C=O) groups excluding carboxylic acids is 1. The lowest BCUT2D eigenvalue weighted by Gasteiger charge is -2.16. The molecule has 6 nitrogen and oxygen atoms in total. The molecule has 90 valence electrons. The monoisotopic (exact) mass is 234 g/mol. The average molecular weight is 234 g/mol. The molecule has 3 unspecified atom stereocenters. The Bertz CT molecular complexity index is 468. The molecule has 0 aliphatic heterocycles. The van der Waals surface area contributed by atoms with Gasteiger partial charge in [0, 0.05) is 5.92 Å². The van der Waals surface area contributed by atoms with E-state index in [1.165, 1.54) is 7.11 Å². The van der Waals surface area contributed by atoms with Crippen molar-refractivity contribution in [1.82, 2.24) is 15.2 Å². The first-order chi connectivity index (χ1) is 8.26. The average Bonchev–Trinajstić information content (AvgIpc) is 3.04. The number of ether oxygens (including phenoxy) is 1. The second-order valence-electron chi connectivity index (χ2n) is 4.55. The minimum atomic E-state index is 0.0145. The quantitative estimate of drug-likeness (QED) is 0.763. The van der Waals surface area contributed by atoms with Crippen molar-refractivity contribution in [2.45, 2.75) is 12.8 Å².